The van der Waals surface area contributed by atoms with Crippen LogP contribution in [0.4, 0.5) is 0 Å². The average Bonchev–Trinajstić information content (AvgIpc) is 2.50. The van der Waals surface area contributed by atoms with Gasteiger partial charge in [-0.25, -0.2) is 0 Å². The van der Waals surface area contributed by atoms with Gasteiger partial charge in [-0.15, -0.1) is 0 Å². The number of unbranched alkanes of at least 4 members (excludes halogenated alkanes) is 2. The number of rotatable bonds is 16. The highest BCUT2D eigenvalue weighted by atomic mass is 15.1. The lowest BCUT2D eigenvalue weighted by molar-refractivity contribution is 0.282. The highest BCUT2D eigenvalue weighted by molar-refractivity contribution is 6.04. The van der Waals surface area contributed by atoms with E-state index in [4.69, 9.17) is 7.98 Å². The second-order valence-electron chi connectivity index (χ2n) is 6.51. The first kappa shape index (κ1) is 21.9. The first-order valence-corrected chi connectivity index (χ1v) is 9.11. The minimum atomic E-state index is 1.01. The quantitative estimate of drug-likeness (QED) is 0.347. The molecular weight excluding hydrogens is 271 g/mol. The second kappa shape index (κ2) is 15.8. The molecule has 0 spiro atoms. The van der Waals surface area contributed by atoms with E-state index in [-0.39, 0.29) is 0 Å². The van der Waals surface area contributed by atoms with Crippen LogP contribution < -0.4 is 5.32 Å². The van der Waals surface area contributed by atoms with Crippen molar-refractivity contribution < 1.29 is 0 Å². The predicted octanol–water partition coefficient (Wildman–Crippen LogP) is 1.82. The second-order valence-corrected chi connectivity index (χ2v) is 6.51. The Hall–Kier alpha value is -0.0951. The van der Waals surface area contributed by atoms with Crippen molar-refractivity contribution in [2.24, 2.45) is 0 Å². The van der Waals surface area contributed by atoms with Gasteiger partial charge in [-0.3, -0.25) is 0 Å². The Morgan fingerprint density at radius 3 is 1.77 bits per heavy atom. The largest absolute Gasteiger partial charge is 0.353 e. The third-order valence-corrected chi connectivity index (χ3v) is 4.08. The van der Waals surface area contributed by atoms with Crippen LogP contribution in [0, 0.1) is 0 Å². The van der Waals surface area contributed by atoms with Crippen molar-refractivity contribution in [3.63, 3.8) is 0 Å². The molecule has 2 radical (unpaired) electrons. The number of nitrogens with zero attached hydrogens (tertiary/aromatic N) is 3. The molecule has 0 heterocycles. The summed E-state index contributed by atoms with van der Waals surface area (Å²) in [5.41, 5.74) is 0. The Kier molecular flexibility index (Phi) is 15.7. The molecule has 4 nitrogen and oxygen atoms in total. The minimum Gasteiger partial charge on any atom is -0.353 e. The Balaban J connectivity index is 3.40. The van der Waals surface area contributed by atoms with Gasteiger partial charge in [0, 0.05) is 0 Å². The fourth-order valence-corrected chi connectivity index (χ4v) is 2.53. The summed E-state index contributed by atoms with van der Waals surface area (Å²) in [6.45, 7) is 10.1. The van der Waals surface area contributed by atoms with E-state index in [1.165, 1.54) is 58.2 Å². The van der Waals surface area contributed by atoms with Crippen molar-refractivity contribution in [1.29, 1.82) is 0 Å². The molecule has 0 fully saturated rings. The van der Waals surface area contributed by atoms with Gasteiger partial charge in [0.15, 0.2) is 7.98 Å². The van der Waals surface area contributed by atoms with Crippen LogP contribution >= 0.6 is 0 Å². The van der Waals surface area contributed by atoms with Gasteiger partial charge in [-0.2, -0.15) is 0 Å². The molecule has 5 heteroatoms. The van der Waals surface area contributed by atoms with Gasteiger partial charge in [-0.05, 0) is 99.1 Å². The van der Waals surface area contributed by atoms with Crippen LogP contribution in [0.3, 0.4) is 0 Å². The van der Waals surface area contributed by atoms with Crippen molar-refractivity contribution >= 4 is 7.98 Å². The zero-order chi connectivity index (χ0) is 16.6. The summed E-state index contributed by atoms with van der Waals surface area (Å²) in [6, 6.07) is 0. The Bertz CT molecular complexity index is 229. The molecule has 0 aromatic rings. The monoisotopic (exact) mass is 310 g/mol. The van der Waals surface area contributed by atoms with E-state index in [2.05, 4.69) is 36.1 Å². The van der Waals surface area contributed by atoms with E-state index in [9.17, 15) is 0 Å². The molecule has 0 aromatic carbocycles. The standard InChI is InChI=1S/C17H39BN4/c1-5-6-16-22(18)17-10-15-21(4)13-8-7-12-20(3)14-9-11-19-2/h19H,5-17H2,1-4H3. The lowest BCUT2D eigenvalue weighted by Crippen LogP contribution is -2.28. The highest BCUT2D eigenvalue weighted by Crippen LogP contribution is 1.99. The first-order valence-electron chi connectivity index (χ1n) is 9.11. The Morgan fingerprint density at radius 2 is 1.23 bits per heavy atom. The maximum atomic E-state index is 5.96. The Morgan fingerprint density at radius 1 is 0.727 bits per heavy atom. The van der Waals surface area contributed by atoms with Crippen molar-refractivity contribution in [2.45, 2.75) is 45.4 Å². The van der Waals surface area contributed by atoms with E-state index < -0.39 is 0 Å². The predicted molar refractivity (Wildman–Crippen MR) is 99.6 cm³/mol. The molecule has 0 saturated carbocycles. The molecule has 0 aliphatic carbocycles. The summed E-state index contributed by atoms with van der Waals surface area (Å²) in [4.78, 5) is 6.85. The van der Waals surface area contributed by atoms with E-state index in [1.54, 1.807) is 0 Å². The molecule has 0 saturated heterocycles. The zero-order valence-corrected chi connectivity index (χ0v) is 15.6. The van der Waals surface area contributed by atoms with Crippen LogP contribution in [0.15, 0.2) is 0 Å². The number of nitrogens with one attached hydrogen (secondary N) is 1. The van der Waals surface area contributed by atoms with Crippen LogP contribution in [0.25, 0.3) is 0 Å². The minimum absolute atomic E-state index is 1.01. The molecule has 0 aliphatic heterocycles. The van der Waals surface area contributed by atoms with Gasteiger partial charge in [0.1, 0.15) is 0 Å². The van der Waals surface area contributed by atoms with Crippen LogP contribution in [-0.2, 0) is 0 Å². The van der Waals surface area contributed by atoms with E-state index in [0.29, 0.717) is 0 Å². The Labute approximate surface area is 141 Å². The van der Waals surface area contributed by atoms with E-state index in [1.807, 2.05) is 11.9 Å². The first-order chi connectivity index (χ1) is 10.6. The molecule has 0 bridgehead atoms. The van der Waals surface area contributed by atoms with Gasteiger partial charge in [0.2, 0.25) is 0 Å². The summed E-state index contributed by atoms with van der Waals surface area (Å²) in [6.07, 6.45) is 7.40. The molecule has 130 valence electrons. The lowest BCUT2D eigenvalue weighted by atomic mass is 10.2. The third kappa shape index (κ3) is 14.8. The van der Waals surface area contributed by atoms with Gasteiger partial charge in [0.25, 0.3) is 0 Å². The van der Waals surface area contributed by atoms with Crippen molar-refractivity contribution in [1.82, 2.24) is 19.9 Å². The van der Waals surface area contributed by atoms with Crippen molar-refractivity contribution in [2.75, 3.05) is 67.0 Å². The van der Waals surface area contributed by atoms with Crippen LogP contribution in [0.2, 0.25) is 0 Å². The molecule has 0 aromatic heterocycles. The molecule has 0 rings (SSSR count). The molecule has 22 heavy (non-hydrogen) atoms. The molecular formula is C17H39BN4. The highest BCUT2D eigenvalue weighted by Gasteiger charge is 2.02. The number of hydrogen-bond donors (Lipinski definition) is 1. The topological polar surface area (TPSA) is 21.8 Å². The normalized spacial score (nSPS) is 12.0. The molecule has 0 aliphatic rings. The van der Waals surface area contributed by atoms with Crippen molar-refractivity contribution in [3.05, 3.63) is 0 Å². The smallest absolute Gasteiger partial charge is 0.182 e. The molecule has 0 atom stereocenters. The summed E-state index contributed by atoms with van der Waals surface area (Å²) < 4.78 is 0. The van der Waals surface area contributed by atoms with Crippen molar-refractivity contribution in [3.8, 4) is 0 Å². The van der Waals surface area contributed by atoms with Crippen LogP contribution in [-0.4, -0.2) is 89.5 Å². The third-order valence-electron chi connectivity index (χ3n) is 4.08. The molecule has 1 N–H and O–H groups in total. The summed E-state index contributed by atoms with van der Waals surface area (Å²) in [5.74, 6) is 0. The zero-order valence-electron chi connectivity index (χ0n) is 15.6. The fourth-order valence-electron chi connectivity index (χ4n) is 2.53. The van der Waals surface area contributed by atoms with Gasteiger partial charge >= 0.3 is 0 Å². The lowest BCUT2D eigenvalue weighted by Gasteiger charge is -2.21. The fraction of sp³-hybridized carbons (Fsp3) is 1.00. The van der Waals surface area contributed by atoms with Gasteiger partial charge in [-0.1, -0.05) is 13.3 Å². The number of hydrogen-bond acceptors (Lipinski definition) is 4. The molecule has 0 amide bonds. The SMILES string of the molecule is [B]N(CCCC)CCCN(C)CCCCN(C)CCCNC. The van der Waals surface area contributed by atoms with Crippen LogP contribution in [0.1, 0.15) is 45.4 Å². The summed E-state index contributed by atoms with van der Waals surface area (Å²) in [7, 11) is 12.4. The molecule has 0 unspecified atom stereocenters. The van der Waals surface area contributed by atoms with Gasteiger partial charge in [0.05, 0.1) is 0 Å². The maximum absolute atomic E-state index is 5.96. The average molecular weight is 310 g/mol. The van der Waals surface area contributed by atoms with Gasteiger partial charge < -0.3 is 19.9 Å². The summed E-state index contributed by atoms with van der Waals surface area (Å²) in [5, 5.41) is 3.20. The maximum Gasteiger partial charge on any atom is 0.182 e. The van der Waals surface area contributed by atoms with E-state index >= 15 is 0 Å². The summed E-state index contributed by atoms with van der Waals surface area (Å²) >= 11 is 0. The van der Waals surface area contributed by atoms with Crippen LogP contribution in [0.5, 0.6) is 0 Å². The van der Waals surface area contributed by atoms with E-state index in [0.717, 1.165) is 26.2 Å².